The number of ether oxygens (including phenoxy) is 2. The number of rotatable bonds is 5. The van der Waals surface area contributed by atoms with E-state index in [1.54, 1.807) is 38.5 Å². The first kappa shape index (κ1) is 18.9. The van der Waals surface area contributed by atoms with Crippen LogP contribution in [0.2, 0.25) is 0 Å². The molecule has 0 N–H and O–H groups in total. The maximum atomic E-state index is 12.8. The number of nitrogens with zero attached hydrogens (tertiary/aromatic N) is 1. The Bertz CT molecular complexity index is 931. The second-order valence-electron chi connectivity index (χ2n) is 5.50. The summed E-state index contributed by atoms with van der Waals surface area (Å²) in [4.78, 5) is 25.5. The number of carboxylic acid groups (broad SMARTS) is 1. The lowest BCUT2D eigenvalue weighted by Crippen LogP contribution is -2.28. The number of amides is 1. The van der Waals surface area contributed by atoms with E-state index in [1.807, 2.05) is 0 Å². The SMILES string of the molecule is COc1cc(/C=C2\SC(=S)N(c3ccc(C(=O)[O-])cc3)C2=O)cc(OC)c1. The number of hydrogen-bond acceptors (Lipinski definition) is 7. The van der Waals surface area contributed by atoms with Crippen LogP contribution in [0.25, 0.3) is 6.08 Å². The summed E-state index contributed by atoms with van der Waals surface area (Å²) in [5.41, 5.74) is 1.26. The summed E-state index contributed by atoms with van der Waals surface area (Å²) in [6, 6.07) is 11.1. The van der Waals surface area contributed by atoms with Crippen LogP contribution in [0, 0.1) is 0 Å². The lowest BCUT2D eigenvalue weighted by Gasteiger charge is -2.15. The van der Waals surface area contributed by atoms with Crippen LogP contribution in [0.3, 0.4) is 0 Å². The van der Waals surface area contributed by atoms with Crippen LogP contribution in [0.4, 0.5) is 5.69 Å². The molecule has 0 aliphatic carbocycles. The molecule has 1 fully saturated rings. The lowest BCUT2D eigenvalue weighted by molar-refractivity contribution is -0.255. The normalized spacial score (nSPS) is 15.3. The van der Waals surface area contributed by atoms with Gasteiger partial charge in [0.1, 0.15) is 11.5 Å². The zero-order valence-corrected chi connectivity index (χ0v) is 16.1. The molecule has 0 unspecified atom stereocenters. The van der Waals surface area contributed by atoms with E-state index in [0.29, 0.717) is 26.4 Å². The van der Waals surface area contributed by atoms with E-state index in [9.17, 15) is 14.7 Å². The molecule has 27 heavy (non-hydrogen) atoms. The summed E-state index contributed by atoms with van der Waals surface area (Å²) in [6.07, 6.45) is 1.71. The minimum absolute atomic E-state index is 0.0307. The van der Waals surface area contributed by atoms with Gasteiger partial charge in [-0.3, -0.25) is 9.69 Å². The van der Waals surface area contributed by atoms with Gasteiger partial charge in [0, 0.05) is 6.07 Å². The minimum Gasteiger partial charge on any atom is -0.545 e. The van der Waals surface area contributed by atoms with Crippen molar-refractivity contribution in [1.29, 1.82) is 0 Å². The van der Waals surface area contributed by atoms with Gasteiger partial charge >= 0.3 is 0 Å². The van der Waals surface area contributed by atoms with Crippen LogP contribution in [0.15, 0.2) is 47.4 Å². The number of aromatic carboxylic acids is 1. The lowest BCUT2D eigenvalue weighted by atomic mass is 10.1. The van der Waals surface area contributed by atoms with Crippen LogP contribution in [-0.2, 0) is 4.79 Å². The van der Waals surface area contributed by atoms with Crippen molar-refractivity contribution < 1.29 is 24.2 Å². The Hall–Kier alpha value is -2.84. The molecule has 0 atom stereocenters. The summed E-state index contributed by atoms with van der Waals surface area (Å²) in [6.45, 7) is 0. The third-order valence-corrected chi connectivity index (χ3v) is 5.13. The molecule has 1 amide bonds. The van der Waals surface area contributed by atoms with E-state index in [0.717, 1.165) is 5.56 Å². The number of thioether (sulfide) groups is 1. The number of thiocarbonyl (C=S) groups is 1. The molecular formula is C19H14NO5S2-. The maximum Gasteiger partial charge on any atom is 0.270 e. The summed E-state index contributed by atoms with van der Waals surface area (Å²) >= 11 is 6.49. The Morgan fingerprint density at radius 3 is 2.22 bits per heavy atom. The van der Waals surface area contributed by atoms with Gasteiger partial charge in [0.25, 0.3) is 5.91 Å². The molecule has 138 valence electrons. The van der Waals surface area contributed by atoms with Crippen LogP contribution >= 0.6 is 24.0 Å². The van der Waals surface area contributed by atoms with Gasteiger partial charge in [-0.25, -0.2) is 0 Å². The zero-order chi connectivity index (χ0) is 19.6. The molecule has 2 aromatic rings. The molecule has 1 heterocycles. The van der Waals surface area contributed by atoms with E-state index >= 15 is 0 Å². The predicted molar refractivity (Wildman–Crippen MR) is 106 cm³/mol. The standard InChI is InChI=1S/C19H15NO5S2/c1-24-14-7-11(8-15(10-14)25-2)9-16-17(21)20(19(26)27-16)13-5-3-12(4-6-13)18(22)23/h3-10H,1-2H3,(H,22,23)/p-1/b16-9-. The second kappa shape index (κ2) is 7.81. The van der Waals surface area contributed by atoms with Crippen molar-refractivity contribution in [2.75, 3.05) is 19.1 Å². The Balaban J connectivity index is 1.92. The monoisotopic (exact) mass is 400 g/mol. The molecule has 8 heteroatoms. The average molecular weight is 400 g/mol. The van der Waals surface area contributed by atoms with Gasteiger partial charge in [0.15, 0.2) is 4.32 Å². The first-order valence-corrected chi connectivity index (χ1v) is 8.98. The molecule has 0 spiro atoms. The van der Waals surface area contributed by atoms with Crippen molar-refractivity contribution in [2.45, 2.75) is 0 Å². The summed E-state index contributed by atoms with van der Waals surface area (Å²) in [5.74, 6) is -0.352. The molecule has 0 bridgehead atoms. The van der Waals surface area contributed by atoms with Crippen LogP contribution in [0.5, 0.6) is 11.5 Å². The van der Waals surface area contributed by atoms with Crippen molar-refractivity contribution in [2.24, 2.45) is 0 Å². The van der Waals surface area contributed by atoms with Crippen LogP contribution < -0.4 is 19.5 Å². The summed E-state index contributed by atoms with van der Waals surface area (Å²) < 4.78 is 10.8. The van der Waals surface area contributed by atoms with E-state index < -0.39 is 5.97 Å². The number of carboxylic acids is 1. The van der Waals surface area contributed by atoms with E-state index in [-0.39, 0.29) is 11.5 Å². The molecule has 3 rings (SSSR count). The minimum atomic E-state index is -1.28. The molecule has 2 aromatic carbocycles. The number of carbonyl (C=O) groups excluding carboxylic acids is 2. The molecular weight excluding hydrogens is 386 g/mol. The first-order chi connectivity index (χ1) is 12.9. The molecule has 1 aliphatic rings. The first-order valence-electron chi connectivity index (χ1n) is 7.75. The maximum absolute atomic E-state index is 12.8. The molecule has 0 aromatic heterocycles. The highest BCUT2D eigenvalue weighted by molar-refractivity contribution is 8.27. The highest BCUT2D eigenvalue weighted by atomic mass is 32.2. The second-order valence-corrected chi connectivity index (χ2v) is 7.17. The van der Waals surface area contributed by atoms with Gasteiger partial charge < -0.3 is 19.4 Å². The van der Waals surface area contributed by atoms with Gasteiger partial charge in [0.2, 0.25) is 0 Å². The van der Waals surface area contributed by atoms with Gasteiger partial charge in [-0.05, 0) is 41.5 Å². The third kappa shape index (κ3) is 3.96. The fourth-order valence-electron chi connectivity index (χ4n) is 2.50. The van der Waals surface area contributed by atoms with E-state index in [2.05, 4.69) is 0 Å². The molecule has 0 radical (unpaired) electrons. The predicted octanol–water partition coefficient (Wildman–Crippen LogP) is 2.47. The van der Waals surface area contributed by atoms with Crippen molar-refractivity contribution in [1.82, 2.24) is 0 Å². The van der Waals surface area contributed by atoms with Crippen molar-refractivity contribution in [3.8, 4) is 11.5 Å². The quantitative estimate of drug-likeness (QED) is 0.563. The van der Waals surface area contributed by atoms with Gasteiger partial charge in [-0.2, -0.15) is 0 Å². The Labute approximate surface area is 165 Å². The van der Waals surface area contributed by atoms with Gasteiger partial charge in [-0.15, -0.1) is 0 Å². The number of carbonyl (C=O) groups is 2. The van der Waals surface area contributed by atoms with Crippen molar-refractivity contribution in [3.05, 3.63) is 58.5 Å². The van der Waals surface area contributed by atoms with Crippen molar-refractivity contribution in [3.63, 3.8) is 0 Å². The van der Waals surface area contributed by atoms with E-state index in [1.165, 1.54) is 40.9 Å². The van der Waals surface area contributed by atoms with Crippen molar-refractivity contribution >= 4 is 51.9 Å². The fraction of sp³-hybridized carbons (Fsp3) is 0.105. The summed E-state index contributed by atoms with van der Waals surface area (Å²) in [5, 5.41) is 10.9. The Morgan fingerprint density at radius 2 is 1.70 bits per heavy atom. The Morgan fingerprint density at radius 1 is 1.11 bits per heavy atom. The van der Waals surface area contributed by atoms with E-state index in [4.69, 9.17) is 21.7 Å². The van der Waals surface area contributed by atoms with Crippen LogP contribution in [-0.4, -0.2) is 30.4 Å². The number of benzene rings is 2. The number of hydrogen-bond donors (Lipinski definition) is 0. The molecule has 0 saturated carbocycles. The third-order valence-electron chi connectivity index (χ3n) is 3.83. The average Bonchev–Trinajstić information content (AvgIpc) is 2.94. The van der Waals surface area contributed by atoms with Gasteiger partial charge in [0.05, 0.1) is 30.8 Å². The highest BCUT2D eigenvalue weighted by Gasteiger charge is 2.33. The molecule has 6 nitrogen and oxygen atoms in total. The van der Waals surface area contributed by atoms with Crippen LogP contribution in [0.1, 0.15) is 15.9 Å². The largest absolute Gasteiger partial charge is 0.545 e. The number of methoxy groups -OCH3 is 2. The summed E-state index contributed by atoms with van der Waals surface area (Å²) in [7, 11) is 3.10. The smallest absolute Gasteiger partial charge is 0.270 e. The topological polar surface area (TPSA) is 78.9 Å². The zero-order valence-electron chi connectivity index (χ0n) is 14.4. The molecule has 1 saturated heterocycles. The fourth-order valence-corrected chi connectivity index (χ4v) is 3.80. The Kier molecular flexibility index (Phi) is 5.48. The number of anilines is 1. The highest BCUT2D eigenvalue weighted by Crippen LogP contribution is 2.36. The molecule has 1 aliphatic heterocycles. The van der Waals surface area contributed by atoms with Gasteiger partial charge in [-0.1, -0.05) is 36.1 Å².